The van der Waals surface area contributed by atoms with Gasteiger partial charge < -0.3 is 5.32 Å². The van der Waals surface area contributed by atoms with Crippen LogP contribution in [-0.2, 0) is 0 Å². The number of fused-ring (bicyclic) bond motifs is 1. The number of hydrogen-bond acceptors (Lipinski definition) is 3. The van der Waals surface area contributed by atoms with Gasteiger partial charge in [0, 0.05) is 49.5 Å². The topological polar surface area (TPSA) is 18.5 Å². The minimum Gasteiger partial charge on any atom is -0.384 e. The molecule has 3 rings (SSSR count). The molecule has 0 bridgehead atoms. The number of nitrogens with one attached hydrogen (secondary N) is 1. The van der Waals surface area contributed by atoms with Gasteiger partial charge in [-0.1, -0.05) is 24.1 Å². The van der Waals surface area contributed by atoms with E-state index < -0.39 is 0 Å². The molecular formula is C16H24ClN3. The average Bonchev–Trinajstić information content (AvgIpc) is 2.47. The number of rotatable bonds is 4. The van der Waals surface area contributed by atoms with Crippen molar-refractivity contribution in [1.29, 1.82) is 0 Å². The molecule has 4 heteroatoms. The van der Waals surface area contributed by atoms with E-state index in [0.717, 1.165) is 29.8 Å². The van der Waals surface area contributed by atoms with Crippen molar-refractivity contribution in [1.82, 2.24) is 9.80 Å². The fraction of sp³-hybridized carbons (Fsp3) is 0.625. The summed E-state index contributed by atoms with van der Waals surface area (Å²) >= 11 is 5.99. The van der Waals surface area contributed by atoms with E-state index in [0.29, 0.717) is 0 Å². The lowest BCUT2D eigenvalue weighted by molar-refractivity contribution is 0.0515. The van der Waals surface area contributed by atoms with Crippen molar-refractivity contribution in [2.75, 3.05) is 44.6 Å². The van der Waals surface area contributed by atoms with Crippen LogP contribution in [0.5, 0.6) is 0 Å². The fourth-order valence-electron chi connectivity index (χ4n) is 3.38. The molecule has 1 atom stereocenters. The zero-order chi connectivity index (χ0) is 13.8. The molecular weight excluding hydrogens is 270 g/mol. The second kappa shape index (κ2) is 6.79. The summed E-state index contributed by atoms with van der Waals surface area (Å²) in [5.74, 6) is 0. The lowest BCUT2D eigenvalue weighted by Crippen LogP contribution is -2.55. The smallest absolute Gasteiger partial charge is 0.0426 e. The minimum atomic E-state index is 0.797. The number of anilines is 1. The molecule has 2 saturated heterocycles. The summed E-state index contributed by atoms with van der Waals surface area (Å²) in [7, 11) is 0. The second-order valence-corrected chi connectivity index (χ2v) is 6.36. The summed E-state index contributed by atoms with van der Waals surface area (Å²) in [4.78, 5) is 5.29. The van der Waals surface area contributed by atoms with Crippen molar-refractivity contribution < 1.29 is 0 Å². The van der Waals surface area contributed by atoms with Gasteiger partial charge in [-0.3, -0.25) is 9.80 Å². The summed E-state index contributed by atoms with van der Waals surface area (Å²) in [5, 5.41) is 4.26. The summed E-state index contributed by atoms with van der Waals surface area (Å²) in [6.45, 7) is 7.15. The van der Waals surface area contributed by atoms with Crippen LogP contribution in [0.15, 0.2) is 24.3 Å². The summed E-state index contributed by atoms with van der Waals surface area (Å²) in [6, 6.07) is 8.77. The van der Waals surface area contributed by atoms with Crippen molar-refractivity contribution in [3.63, 3.8) is 0 Å². The third kappa shape index (κ3) is 3.66. The lowest BCUT2D eigenvalue weighted by atomic mass is 9.99. The molecule has 3 nitrogen and oxygen atoms in total. The molecule has 1 aromatic carbocycles. The third-order valence-electron chi connectivity index (χ3n) is 4.50. The zero-order valence-corrected chi connectivity index (χ0v) is 12.8. The Kier molecular flexibility index (Phi) is 4.81. The maximum Gasteiger partial charge on any atom is 0.0426 e. The van der Waals surface area contributed by atoms with Gasteiger partial charge in [0.15, 0.2) is 0 Å². The van der Waals surface area contributed by atoms with E-state index in [2.05, 4.69) is 21.2 Å². The van der Waals surface area contributed by atoms with Crippen molar-refractivity contribution in [3.05, 3.63) is 29.3 Å². The van der Waals surface area contributed by atoms with E-state index in [-0.39, 0.29) is 0 Å². The van der Waals surface area contributed by atoms with Crippen LogP contribution >= 0.6 is 11.6 Å². The Labute approximate surface area is 126 Å². The van der Waals surface area contributed by atoms with E-state index in [1.807, 2.05) is 18.2 Å². The van der Waals surface area contributed by atoms with Crippen molar-refractivity contribution >= 4 is 17.3 Å². The molecule has 0 saturated carbocycles. The van der Waals surface area contributed by atoms with Gasteiger partial charge in [-0.05, 0) is 37.6 Å². The predicted molar refractivity (Wildman–Crippen MR) is 85.6 cm³/mol. The van der Waals surface area contributed by atoms with Crippen LogP contribution in [0.25, 0.3) is 0 Å². The maximum absolute atomic E-state index is 5.99. The number of halogens is 1. The van der Waals surface area contributed by atoms with Gasteiger partial charge in [0.1, 0.15) is 0 Å². The summed E-state index contributed by atoms with van der Waals surface area (Å²) < 4.78 is 0. The molecule has 0 aliphatic carbocycles. The van der Waals surface area contributed by atoms with Gasteiger partial charge in [0.25, 0.3) is 0 Å². The zero-order valence-electron chi connectivity index (χ0n) is 12.0. The maximum atomic E-state index is 5.99. The van der Waals surface area contributed by atoms with Gasteiger partial charge in [0.05, 0.1) is 0 Å². The normalized spacial score (nSPS) is 24.4. The highest BCUT2D eigenvalue weighted by Crippen LogP contribution is 2.21. The first-order valence-corrected chi connectivity index (χ1v) is 8.15. The Bertz CT molecular complexity index is 437. The van der Waals surface area contributed by atoms with Crippen molar-refractivity contribution in [2.45, 2.75) is 25.3 Å². The Balaban J connectivity index is 1.42. The Morgan fingerprint density at radius 2 is 2.15 bits per heavy atom. The van der Waals surface area contributed by atoms with E-state index in [1.54, 1.807) is 0 Å². The number of hydrogen-bond donors (Lipinski definition) is 1. The van der Waals surface area contributed by atoms with Crippen LogP contribution in [0.2, 0.25) is 5.02 Å². The minimum absolute atomic E-state index is 0.797. The highest BCUT2D eigenvalue weighted by molar-refractivity contribution is 6.30. The van der Waals surface area contributed by atoms with Gasteiger partial charge >= 0.3 is 0 Å². The molecule has 0 amide bonds. The predicted octanol–water partition coefficient (Wildman–Crippen LogP) is 2.92. The van der Waals surface area contributed by atoms with E-state index >= 15 is 0 Å². The highest BCUT2D eigenvalue weighted by Gasteiger charge is 2.28. The number of piperidine rings is 1. The molecule has 1 unspecified atom stereocenters. The molecule has 1 N–H and O–H groups in total. The molecule has 110 valence electrons. The van der Waals surface area contributed by atoms with E-state index in [4.69, 9.17) is 11.6 Å². The van der Waals surface area contributed by atoms with Gasteiger partial charge in [-0.25, -0.2) is 0 Å². The largest absolute Gasteiger partial charge is 0.384 e. The van der Waals surface area contributed by atoms with Gasteiger partial charge in [0.2, 0.25) is 0 Å². The van der Waals surface area contributed by atoms with E-state index in [1.165, 1.54) is 45.4 Å². The molecule has 0 spiro atoms. The van der Waals surface area contributed by atoms with E-state index in [9.17, 15) is 0 Å². The van der Waals surface area contributed by atoms with Crippen LogP contribution in [0.3, 0.4) is 0 Å². The number of piperazine rings is 1. The first-order valence-electron chi connectivity index (χ1n) is 7.77. The molecule has 0 aromatic heterocycles. The van der Waals surface area contributed by atoms with Crippen LogP contribution in [0, 0.1) is 0 Å². The van der Waals surface area contributed by atoms with Gasteiger partial charge in [-0.2, -0.15) is 0 Å². The highest BCUT2D eigenvalue weighted by atomic mass is 35.5. The summed E-state index contributed by atoms with van der Waals surface area (Å²) in [6.07, 6.45) is 4.20. The first kappa shape index (κ1) is 14.2. The lowest BCUT2D eigenvalue weighted by Gasteiger charge is -2.44. The molecule has 20 heavy (non-hydrogen) atoms. The molecule has 2 heterocycles. The number of benzene rings is 1. The third-order valence-corrected chi connectivity index (χ3v) is 4.74. The van der Waals surface area contributed by atoms with Crippen molar-refractivity contribution in [3.8, 4) is 0 Å². The van der Waals surface area contributed by atoms with Crippen LogP contribution in [0.1, 0.15) is 19.3 Å². The summed E-state index contributed by atoms with van der Waals surface area (Å²) in [5.41, 5.74) is 1.12. The SMILES string of the molecule is Clc1cccc(NCCN2CCN3CCCCC3C2)c1. The van der Waals surface area contributed by atoms with Crippen LogP contribution < -0.4 is 5.32 Å². The molecule has 1 aromatic rings. The first-order chi connectivity index (χ1) is 9.81. The Morgan fingerprint density at radius 3 is 3.05 bits per heavy atom. The quantitative estimate of drug-likeness (QED) is 0.921. The monoisotopic (exact) mass is 293 g/mol. The average molecular weight is 294 g/mol. The standard InChI is InChI=1S/C16H24ClN3/c17-14-4-3-5-15(12-14)18-7-9-19-10-11-20-8-2-1-6-16(20)13-19/h3-5,12,16,18H,1-2,6-11,13H2. The Hall–Kier alpha value is -0.770. The van der Waals surface area contributed by atoms with Crippen molar-refractivity contribution in [2.24, 2.45) is 0 Å². The van der Waals surface area contributed by atoms with Gasteiger partial charge in [-0.15, -0.1) is 0 Å². The molecule has 2 fully saturated rings. The Morgan fingerprint density at radius 1 is 1.20 bits per heavy atom. The fourth-order valence-corrected chi connectivity index (χ4v) is 3.57. The van der Waals surface area contributed by atoms with Crippen LogP contribution in [-0.4, -0.2) is 55.1 Å². The second-order valence-electron chi connectivity index (χ2n) is 5.92. The molecule has 2 aliphatic heterocycles. The molecule has 0 radical (unpaired) electrons. The number of nitrogens with zero attached hydrogens (tertiary/aromatic N) is 2. The molecule has 2 aliphatic rings. The van der Waals surface area contributed by atoms with Crippen LogP contribution in [0.4, 0.5) is 5.69 Å².